The fraction of sp³-hybridized carbons (Fsp3) is 1.00. The van der Waals surface area contributed by atoms with E-state index in [-0.39, 0.29) is 5.41 Å². The van der Waals surface area contributed by atoms with Gasteiger partial charge in [-0.05, 0) is 0 Å². The van der Waals surface area contributed by atoms with E-state index in [1.807, 2.05) is 13.8 Å². The number of nitrogens with one attached hydrogen (secondary N) is 2. The summed E-state index contributed by atoms with van der Waals surface area (Å²) in [5.41, 5.74) is 13.7. The van der Waals surface area contributed by atoms with E-state index >= 15 is 0 Å². The van der Waals surface area contributed by atoms with Crippen molar-refractivity contribution in [1.29, 1.82) is 0 Å². The molecule has 0 atom stereocenters. The molecular formula is C5H12Cl2N2Pt-2. The molecule has 0 bridgehead atoms. The molecule has 2 N–H and O–H groups in total. The van der Waals surface area contributed by atoms with Crippen LogP contribution < -0.4 is 0 Å². The van der Waals surface area contributed by atoms with Gasteiger partial charge in [0.2, 0.25) is 0 Å². The van der Waals surface area contributed by atoms with Crippen LogP contribution in [0.25, 0.3) is 11.5 Å². The van der Waals surface area contributed by atoms with E-state index in [1.54, 1.807) is 0 Å². The van der Waals surface area contributed by atoms with Gasteiger partial charge in [-0.25, -0.2) is 0 Å². The van der Waals surface area contributed by atoms with Crippen LogP contribution in [0.3, 0.4) is 0 Å². The fourth-order valence-corrected chi connectivity index (χ4v) is 0.0625. The first-order chi connectivity index (χ1) is 4.54. The molecule has 0 unspecified atom stereocenters. The van der Waals surface area contributed by atoms with Crippen molar-refractivity contribution >= 4 is 18.8 Å². The average Bonchev–Trinajstić information content (AvgIpc) is 1.90. The van der Waals surface area contributed by atoms with Crippen molar-refractivity contribution in [2.24, 2.45) is 5.41 Å². The minimum atomic E-state index is -0.472. The molecule has 0 aliphatic heterocycles. The van der Waals surface area contributed by atoms with Crippen LogP contribution in [0.5, 0.6) is 0 Å². The van der Waals surface area contributed by atoms with Gasteiger partial charge in [0.15, 0.2) is 0 Å². The third-order valence-corrected chi connectivity index (χ3v) is 0.957. The third-order valence-electron chi connectivity index (χ3n) is 0.957. The molecule has 10 heavy (non-hydrogen) atoms. The van der Waals surface area contributed by atoms with Gasteiger partial charge < -0.3 is 11.5 Å². The van der Waals surface area contributed by atoms with Gasteiger partial charge >= 0.3 is 35.3 Å². The van der Waals surface area contributed by atoms with Crippen LogP contribution in [-0.2, 0) is 16.5 Å². The molecule has 0 amide bonds. The molecule has 0 fully saturated rings. The summed E-state index contributed by atoms with van der Waals surface area (Å²) in [4.78, 5) is 0. The molecule has 0 aliphatic rings. The summed E-state index contributed by atoms with van der Waals surface area (Å²) in [6.45, 7) is 4.56. The SMILES string of the molecule is CC(C)(C[NH-])C[NH-].[Cl][Pt][Cl]. The molecule has 5 heteroatoms. The fourth-order valence-electron chi connectivity index (χ4n) is 0.0625. The van der Waals surface area contributed by atoms with E-state index < -0.39 is 16.5 Å². The Hall–Kier alpha value is 1.19. The predicted octanol–water partition coefficient (Wildman–Crippen LogP) is 3.49. The van der Waals surface area contributed by atoms with Crippen LogP contribution in [0.4, 0.5) is 0 Å². The predicted molar refractivity (Wildman–Crippen MR) is 43.9 cm³/mol. The van der Waals surface area contributed by atoms with Gasteiger partial charge in [-0.1, -0.05) is 19.3 Å². The Kier molecular flexibility index (Phi) is 11.4. The molecule has 0 aromatic carbocycles. The molecule has 0 rings (SSSR count). The zero-order chi connectivity index (χ0) is 8.62. The Morgan fingerprint density at radius 3 is 1.40 bits per heavy atom. The van der Waals surface area contributed by atoms with Gasteiger partial charge in [0, 0.05) is 0 Å². The van der Waals surface area contributed by atoms with Crippen molar-refractivity contribution in [2.45, 2.75) is 13.8 Å². The summed E-state index contributed by atoms with van der Waals surface area (Å²) in [6, 6.07) is 0. The molecule has 0 heterocycles. The van der Waals surface area contributed by atoms with E-state index in [0.29, 0.717) is 13.1 Å². The van der Waals surface area contributed by atoms with E-state index in [9.17, 15) is 0 Å². The second-order valence-electron chi connectivity index (χ2n) is 2.56. The Balaban J connectivity index is 0. The number of hydrogen-bond acceptors (Lipinski definition) is 0. The zero-order valence-corrected chi connectivity index (χ0v) is 9.77. The van der Waals surface area contributed by atoms with Gasteiger partial charge in [0.25, 0.3) is 0 Å². The minimum absolute atomic E-state index is 0.0833. The summed E-state index contributed by atoms with van der Waals surface area (Å²) >= 11 is -0.472. The second-order valence-corrected chi connectivity index (χ2v) is 5.85. The van der Waals surface area contributed by atoms with Crippen LogP contribution in [0.15, 0.2) is 0 Å². The van der Waals surface area contributed by atoms with Gasteiger partial charge in [-0.2, -0.15) is 0 Å². The first-order valence-corrected chi connectivity index (χ1v) is 8.28. The Labute approximate surface area is 79.0 Å². The Morgan fingerprint density at radius 1 is 1.20 bits per heavy atom. The number of hydrogen-bond donors (Lipinski definition) is 0. The van der Waals surface area contributed by atoms with E-state index in [2.05, 4.69) is 0 Å². The maximum absolute atomic E-state index is 6.89. The third kappa shape index (κ3) is 11.9. The molecule has 0 spiro atoms. The first-order valence-electron chi connectivity index (χ1n) is 2.65. The first kappa shape index (κ1) is 13.8. The van der Waals surface area contributed by atoms with Crippen molar-refractivity contribution < 1.29 is 16.5 Å². The van der Waals surface area contributed by atoms with Crippen LogP contribution in [-0.4, -0.2) is 13.1 Å². The summed E-state index contributed by atoms with van der Waals surface area (Å²) in [6.07, 6.45) is 0. The van der Waals surface area contributed by atoms with Gasteiger partial charge in [-0.15, -0.1) is 13.1 Å². The van der Waals surface area contributed by atoms with E-state index in [0.717, 1.165) is 0 Å². The van der Waals surface area contributed by atoms with Crippen molar-refractivity contribution in [1.82, 2.24) is 0 Å². The van der Waals surface area contributed by atoms with E-state index in [1.165, 1.54) is 0 Å². The summed E-state index contributed by atoms with van der Waals surface area (Å²) in [5, 5.41) is 0. The van der Waals surface area contributed by atoms with Crippen molar-refractivity contribution in [2.75, 3.05) is 13.1 Å². The van der Waals surface area contributed by atoms with Gasteiger partial charge in [0.1, 0.15) is 0 Å². The molecule has 0 aromatic heterocycles. The molecule has 0 saturated carbocycles. The number of halogens is 2. The average molecular weight is 366 g/mol. The molecule has 0 radical (unpaired) electrons. The zero-order valence-electron chi connectivity index (χ0n) is 5.99. The molecule has 0 saturated heterocycles. The quantitative estimate of drug-likeness (QED) is 0.719. The molecular weight excluding hydrogens is 354 g/mol. The van der Waals surface area contributed by atoms with Crippen molar-refractivity contribution in [3.05, 3.63) is 11.5 Å². The molecule has 0 aromatic rings. The van der Waals surface area contributed by atoms with Crippen molar-refractivity contribution in [3.63, 3.8) is 0 Å². The summed E-state index contributed by atoms with van der Waals surface area (Å²) < 4.78 is 0. The molecule has 68 valence electrons. The van der Waals surface area contributed by atoms with Gasteiger partial charge in [0.05, 0.1) is 0 Å². The van der Waals surface area contributed by atoms with Crippen LogP contribution in [0.2, 0.25) is 0 Å². The normalized spacial score (nSPS) is 10.6. The number of rotatable bonds is 2. The summed E-state index contributed by atoms with van der Waals surface area (Å²) in [7, 11) is 9.75. The van der Waals surface area contributed by atoms with E-state index in [4.69, 9.17) is 30.3 Å². The summed E-state index contributed by atoms with van der Waals surface area (Å²) in [5.74, 6) is 0. The second kappa shape index (κ2) is 8.29. The van der Waals surface area contributed by atoms with Crippen LogP contribution in [0.1, 0.15) is 13.8 Å². The Bertz CT molecular complexity index is 64.7. The standard InChI is InChI=1S/C5H12N2.2ClH.Pt/c1-5(2,3-6)4-7;;;/h6-7H,3-4H2,1-2H3;2*1H;/q-2;;;+2/p-2. The Morgan fingerprint density at radius 2 is 1.40 bits per heavy atom. The van der Waals surface area contributed by atoms with Crippen LogP contribution >= 0.6 is 18.8 Å². The topological polar surface area (TPSA) is 47.6 Å². The molecule has 0 aliphatic carbocycles. The van der Waals surface area contributed by atoms with Crippen molar-refractivity contribution in [3.8, 4) is 0 Å². The van der Waals surface area contributed by atoms with Gasteiger partial charge in [-0.3, -0.25) is 0 Å². The van der Waals surface area contributed by atoms with Crippen LogP contribution in [0, 0.1) is 5.41 Å². The molecule has 2 nitrogen and oxygen atoms in total. The maximum atomic E-state index is 6.89. The monoisotopic (exact) mass is 365 g/mol.